The van der Waals surface area contributed by atoms with Crippen LogP contribution in [0.5, 0.6) is 0 Å². The Morgan fingerprint density at radius 1 is 1.00 bits per heavy atom. The van der Waals surface area contributed by atoms with E-state index in [4.69, 9.17) is 9.47 Å². The highest BCUT2D eigenvalue weighted by Crippen LogP contribution is 2.18. The summed E-state index contributed by atoms with van der Waals surface area (Å²) in [6, 6.07) is 12.8. The van der Waals surface area contributed by atoms with Crippen molar-refractivity contribution in [2.75, 3.05) is 13.6 Å². The summed E-state index contributed by atoms with van der Waals surface area (Å²) >= 11 is 0. The zero-order valence-corrected chi connectivity index (χ0v) is 19.6. The summed E-state index contributed by atoms with van der Waals surface area (Å²) in [5.41, 5.74) is 3.40. The van der Waals surface area contributed by atoms with E-state index in [1.165, 1.54) is 0 Å². The molecule has 2 amide bonds. The van der Waals surface area contributed by atoms with E-state index in [0.717, 1.165) is 22.3 Å². The molecule has 0 aliphatic rings. The highest BCUT2D eigenvalue weighted by molar-refractivity contribution is 5.91. The molecule has 1 atom stereocenters. The second kappa shape index (κ2) is 10.8. The Labute approximate surface area is 189 Å². The minimum atomic E-state index is -0.622. The predicted molar refractivity (Wildman–Crippen MR) is 123 cm³/mol. The van der Waals surface area contributed by atoms with Crippen LogP contribution in [0.3, 0.4) is 0 Å². The number of carbonyl (C=O) groups excluding carboxylic acids is 3. The first-order chi connectivity index (χ1) is 15.0. The fourth-order valence-electron chi connectivity index (χ4n) is 3.15. The van der Waals surface area contributed by atoms with Crippen molar-refractivity contribution in [3.63, 3.8) is 0 Å². The van der Waals surface area contributed by atoms with E-state index in [0.29, 0.717) is 5.56 Å². The lowest BCUT2D eigenvalue weighted by Crippen LogP contribution is -2.38. The summed E-state index contributed by atoms with van der Waals surface area (Å²) in [7, 11) is 1.55. The molecule has 32 heavy (non-hydrogen) atoms. The van der Waals surface area contributed by atoms with Crippen molar-refractivity contribution in [1.29, 1.82) is 0 Å². The van der Waals surface area contributed by atoms with E-state index >= 15 is 0 Å². The normalized spacial score (nSPS) is 11.9. The van der Waals surface area contributed by atoms with E-state index in [1.807, 2.05) is 26.0 Å². The number of hydrogen-bond donors (Lipinski definition) is 2. The largest absolute Gasteiger partial charge is 0.457 e. The highest BCUT2D eigenvalue weighted by atomic mass is 16.6. The van der Waals surface area contributed by atoms with Crippen LogP contribution in [0, 0.1) is 13.8 Å². The first kappa shape index (κ1) is 24.9. The maximum absolute atomic E-state index is 12.4. The molecule has 0 unspecified atom stereocenters. The molecule has 0 saturated heterocycles. The summed E-state index contributed by atoms with van der Waals surface area (Å²) in [6.45, 7) is 9.38. The molecule has 0 heterocycles. The predicted octanol–water partition coefficient (Wildman–Crippen LogP) is 4.01. The van der Waals surface area contributed by atoms with Crippen molar-refractivity contribution < 1.29 is 23.9 Å². The molecule has 7 heteroatoms. The number of alkyl carbamates (subject to hydrolysis) is 1. The molecule has 0 aliphatic heterocycles. The van der Waals surface area contributed by atoms with Gasteiger partial charge in [-0.2, -0.15) is 0 Å². The number of rotatable bonds is 7. The highest BCUT2D eigenvalue weighted by Gasteiger charge is 2.22. The zero-order chi connectivity index (χ0) is 23.9. The van der Waals surface area contributed by atoms with Crippen LogP contribution in [0.25, 0.3) is 0 Å². The van der Waals surface area contributed by atoms with Crippen molar-refractivity contribution in [2.45, 2.75) is 52.7 Å². The van der Waals surface area contributed by atoms with Crippen LogP contribution >= 0.6 is 0 Å². The van der Waals surface area contributed by atoms with E-state index in [9.17, 15) is 14.4 Å². The summed E-state index contributed by atoms with van der Waals surface area (Å²) < 4.78 is 10.7. The lowest BCUT2D eigenvalue weighted by Gasteiger charge is -2.21. The van der Waals surface area contributed by atoms with Gasteiger partial charge in [0.15, 0.2) is 0 Å². The van der Waals surface area contributed by atoms with Crippen molar-refractivity contribution in [1.82, 2.24) is 10.6 Å². The minimum Gasteiger partial charge on any atom is -0.457 e. The summed E-state index contributed by atoms with van der Waals surface area (Å²) in [5.74, 6) is -1.19. The molecule has 0 bridgehead atoms. The maximum Gasteiger partial charge on any atom is 0.407 e. The Balaban J connectivity index is 2.01. The molecule has 0 aromatic heterocycles. The van der Waals surface area contributed by atoms with Crippen LogP contribution in [0.15, 0.2) is 42.5 Å². The summed E-state index contributed by atoms with van der Waals surface area (Å²) in [6.07, 6.45) is -0.582. The zero-order valence-electron chi connectivity index (χ0n) is 19.6. The molecule has 2 aromatic rings. The molecule has 0 aliphatic carbocycles. The van der Waals surface area contributed by atoms with Crippen molar-refractivity contribution in [3.8, 4) is 0 Å². The average Bonchev–Trinajstić information content (AvgIpc) is 2.71. The number of aryl methyl sites for hydroxylation is 2. The van der Waals surface area contributed by atoms with Crippen molar-refractivity contribution in [3.05, 3.63) is 70.3 Å². The van der Waals surface area contributed by atoms with Crippen LogP contribution in [0.4, 0.5) is 4.79 Å². The van der Waals surface area contributed by atoms with Gasteiger partial charge in [-0.15, -0.1) is 0 Å². The van der Waals surface area contributed by atoms with E-state index in [2.05, 4.69) is 10.6 Å². The van der Waals surface area contributed by atoms with Crippen LogP contribution in [-0.4, -0.2) is 37.2 Å². The molecule has 2 N–H and O–H groups in total. The van der Waals surface area contributed by atoms with E-state index in [1.54, 1.807) is 58.2 Å². The van der Waals surface area contributed by atoms with Gasteiger partial charge in [0.2, 0.25) is 5.91 Å². The average molecular weight is 441 g/mol. The Bertz CT molecular complexity index is 961. The standard InChI is InChI=1S/C25H32N2O5/c1-16-7-12-20(17(2)13-16)23(29)31-15-18-8-10-19(11-9-18)21(22(28)26-6)14-27-24(30)32-25(3,4)5/h7-13,21H,14-15H2,1-6H3,(H,26,28)(H,27,30)/t21-/m0/s1. The van der Waals surface area contributed by atoms with Gasteiger partial charge >= 0.3 is 12.1 Å². The number of likely N-dealkylation sites (N-methyl/N-ethyl adjacent to an activating group) is 1. The Morgan fingerprint density at radius 2 is 1.66 bits per heavy atom. The lowest BCUT2D eigenvalue weighted by atomic mass is 9.97. The second-order valence-corrected chi connectivity index (χ2v) is 8.69. The van der Waals surface area contributed by atoms with Gasteiger partial charge in [0.1, 0.15) is 12.2 Å². The van der Waals surface area contributed by atoms with Gasteiger partial charge in [-0.05, 0) is 57.4 Å². The molecule has 0 fully saturated rings. The number of nitrogens with one attached hydrogen (secondary N) is 2. The number of carbonyl (C=O) groups is 3. The molecule has 2 aromatic carbocycles. The smallest absolute Gasteiger partial charge is 0.407 e. The van der Waals surface area contributed by atoms with Gasteiger partial charge in [0.25, 0.3) is 0 Å². The fourth-order valence-corrected chi connectivity index (χ4v) is 3.15. The first-order valence-corrected chi connectivity index (χ1v) is 10.5. The van der Waals surface area contributed by atoms with Gasteiger partial charge in [0.05, 0.1) is 11.5 Å². The van der Waals surface area contributed by atoms with Crippen LogP contribution in [-0.2, 0) is 20.9 Å². The van der Waals surface area contributed by atoms with E-state index < -0.39 is 17.6 Å². The van der Waals surface area contributed by atoms with Gasteiger partial charge < -0.3 is 20.1 Å². The number of benzene rings is 2. The van der Waals surface area contributed by atoms with Crippen molar-refractivity contribution in [2.24, 2.45) is 0 Å². The number of amides is 2. The molecule has 0 saturated carbocycles. The topological polar surface area (TPSA) is 93.7 Å². The third kappa shape index (κ3) is 7.41. The lowest BCUT2D eigenvalue weighted by molar-refractivity contribution is -0.121. The summed E-state index contributed by atoms with van der Waals surface area (Å²) in [5, 5.41) is 5.26. The van der Waals surface area contributed by atoms with Gasteiger partial charge in [-0.3, -0.25) is 4.79 Å². The third-order valence-corrected chi connectivity index (χ3v) is 4.77. The Morgan fingerprint density at radius 3 is 2.22 bits per heavy atom. The van der Waals surface area contributed by atoms with E-state index in [-0.39, 0.29) is 25.0 Å². The number of hydrogen-bond acceptors (Lipinski definition) is 5. The van der Waals surface area contributed by atoms with Crippen LogP contribution in [0.1, 0.15) is 59.3 Å². The SMILES string of the molecule is CNC(=O)[C@@H](CNC(=O)OC(C)(C)C)c1ccc(COC(=O)c2ccc(C)cc2C)cc1. The molecule has 0 radical (unpaired) electrons. The van der Waals surface area contributed by atoms with Crippen LogP contribution in [0.2, 0.25) is 0 Å². The number of ether oxygens (including phenoxy) is 2. The third-order valence-electron chi connectivity index (χ3n) is 4.77. The van der Waals surface area contributed by atoms with Gasteiger partial charge in [-0.1, -0.05) is 42.0 Å². The van der Waals surface area contributed by atoms with Gasteiger partial charge in [-0.25, -0.2) is 9.59 Å². The Hall–Kier alpha value is -3.35. The molecular weight excluding hydrogens is 408 g/mol. The monoisotopic (exact) mass is 440 g/mol. The summed E-state index contributed by atoms with van der Waals surface area (Å²) in [4.78, 5) is 36.7. The number of esters is 1. The molecule has 0 spiro atoms. The molecule has 172 valence electrons. The van der Waals surface area contributed by atoms with Crippen LogP contribution < -0.4 is 10.6 Å². The molecule has 7 nitrogen and oxygen atoms in total. The minimum absolute atomic E-state index is 0.0929. The van der Waals surface area contributed by atoms with Crippen molar-refractivity contribution >= 4 is 18.0 Å². The fraction of sp³-hybridized carbons (Fsp3) is 0.400. The quantitative estimate of drug-likeness (QED) is 0.635. The maximum atomic E-state index is 12.4. The Kier molecular flexibility index (Phi) is 8.41. The first-order valence-electron chi connectivity index (χ1n) is 10.5. The second-order valence-electron chi connectivity index (χ2n) is 8.69. The van der Waals surface area contributed by atoms with Gasteiger partial charge in [0, 0.05) is 13.6 Å². The molecular formula is C25H32N2O5. The molecule has 2 rings (SSSR count).